The molecule has 0 aliphatic carbocycles. The lowest BCUT2D eigenvalue weighted by atomic mass is 10.1. The van der Waals surface area contributed by atoms with Gasteiger partial charge in [0.15, 0.2) is 0 Å². The van der Waals surface area contributed by atoms with Crippen molar-refractivity contribution < 1.29 is 14.0 Å². The maximum absolute atomic E-state index is 13.0. The fourth-order valence-corrected chi connectivity index (χ4v) is 2.89. The molecule has 0 aromatic heterocycles. The van der Waals surface area contributed by atoms with Crippen LogP contribution in [0, 0.1) is 19.7 Å². The van der Waals surface area contributed by atoms with Gasteiger partial charge in [0.2, 0.25) is 5.91 Å². The predicted molar refractivity (Wildman–Crippen MR) is 86.8 cm³/mol. The van der Waals surface area contributed by atoms with Crippen LogP contribution in [0.3, 0.4) is 0 Å². The SMILES string of the molecule is Cc1cccc(C)c1N1C(=O)C[C@H](Nc2ccc(F)cc2)C1=O. The molecule has 2 aromatic rings. The zero-order chi connectivity index (χ0) is 16.6. The van der Waals surface area contributed by atoms with Gasteiger partial charge in [0.25, 0.3) is 5.91 Å². The first-order valence-electron chi connectivity index (χ1n) is 7.42. The Morgan fingerprint density at radius 1 is 1.04 bits per heavy atom. The standard InChI is InChI=1S/C18H17FN2O2/c1-11-4-3-5-12(2)17(11)21-16(22)10-15(18(21)23)20-14-8-6-13(19)7-9-14/h3-9,15,20H,10H2,1-2H3/t15-/m0/s1. The molecular formula is C18H17FN2O2. The van der Waals surface area contributed by atoms with Crippen molar-refractivity contribution in [3.63, 3.8) is 0 Å². The summed E-state index contributed by atoms with van der Waals surface area (Å²) in [6.45, 7) is 3.76. The van der Waals surface area contributed by atoms with E-state index in [1.54, 1.807) is 12.1 Å². The average Bonchev–Trinajstić information content (AvgIpc) is 2.77. The van der Waals surface area contributed by atoms with Crippen LogP contribution in [0.25, 0.3) is 0 Å². The van der Waals surface area contributed by atoms with E-state index in [0.717, 1.165) is 11.1 Å². The molecule has 1 N–H and O–H groups in total. The van der Waals surface area contributed by atoms with E-state index in [2.05, 4.69) is 5.32 Å². The zero-order valence-electron chi connectivity index (χ0n) is 13.0. The molecule has 0 bridgehead atoms. The number of nitrogens with zero attached hydrogens (tertiary/aromatic N) is 1. The van der Waals surface area contributed by atoms with Crippen molar-refractivity contribution in [1.29, 1.82) is 0 Å². The fourth-order valence-electron chi connectivity index (χ4n) is 2.89. The molecule has 4 nitrogen and oxygen atoms in total. The van der Waals surface area contributed by atoms with Crippen molar-refractivity contribution in [1.82, 2.24) is 0 Å². The maximum Gasteiger partial charge on any atom is 0.256 e. The van der Waals surface area contributed by atoms with Crippen LogP contribution in [-0.2, 0) is 9.59 Å². The van der Waals surface area contributed by atoms with Gasteiger partial charge in [-0.15, -0.1) is 0 Å². The van der Waals surface area contributed by atoms with Crippen molar-refractivity contribution in [2.24, 2.45) is 0 Å². The number of hydrogen-bond acceptors (Lipinski definition) is 3. The summed E-state index contributed by atoms with van der Waals surface area (Å²) < 4.78 is 13.0. The minimum absolute atomic E-state index is 0.0873. The zero-order valence-corrected chi connectivity index (χ0v) is 13.0. The molecule has 118 valence electrons. The molecule has 2 amide bonds. The van der Waals surface area contributed by atoms with Crippen LogP contribution < -0.4 is 10.2 Å². The van der Waals surface area contributed by atoms with E-state index in [0.29, 0.717) is 11.4 Å². The minimum Gasteiger partial charge on any atom is -0.373 e. The molecule has 5 heteroatoms. The van der Waals surface area contributed by atoms with Gasteiger partial charge in [-0.3, -0.25) is 9.59 Å². The summed E-state index contributed by atoms with van der Waals surface area (Å²) in [6, 6.07) is 10.7. The lowest BCUT2D eigenvalue weighted by molar-refractivity contribution is -0.121. The molecule has 1 fully saturated rings. The molecule has 2 aromatic carbocycles. The summed E-state index contributed by atoms with van der Waals surface area (Å²) in [6.07, 6.45) is 0.0873. The first-order chi connectivity index (χ1) is 11.0. The van der Waals surface area contributed by atoms with E-state index in [1.165, 1.54) is 17.0 Å². The lowest BCUT2D eigenvalue weighted by Crippen LogP contribution is -2.35. The normalized spacial score (nSPS) is 17.7. The molecule has 1 atom stereocenters. The number of amides is 2. The Bertz CT molecular complexity index is 751. The number of para-hydroxylation sites is 1. The molecular weight excluding hydrogens is 295 g/mol. The highest BCUT2D eigenvalue weighted by Gasteiger charge is 2.40. The molecule has 0 saturated carbocycles. The number of rotatable bonds is 3. The van der Waals surface area contributed by atoms with E-state index in [9.17, 15) is 14.0 Å². The second-order valence-corrected chi connectivity index (χ2v) is 5.72. The highest BCUT2D eigenvalue weighted by molar-refractivity contribution is 6.23. The van der Waals surface area contributed by atoms with Crippen molar-refractivity contribution in [2.75, 3.05) is 10.2 Å². The third kappa shape index (κ3) is 2.82. The number of benzene rings is 2. The number of imide groups is 1. The van der Waals surface area contributed by atoms with Crippen LogP contribution in [0.5, 0.6) is 0 Å². The van der Waals surface area contributed by atoms with E-state index in [1.807, 2.05) is 32.0 Å². The van der Waals surface area contributed by atoms with Crippen LogP contribution in [0.1, 0.15) is 17.5 Å². The minimum atomic E-state index is -0.632. The number of nitrogens with one attached hydrogen (secondary N) is 1. The summed E-state index contributed by atoms with van der Waals surface area (Å²) >= 11 is 0. The smallest absolute Gasteiger partial charge is 0.256 e. The second kappa shape index (κ2) is 5.83. The van der Waals surface area contributed by atoms with E-state index < -0.39 is 6.04 Å². The Kier molecular flexibility index (Phi) is 3.86. The van der Waals surface area contributed by atoms with Gasteiger partial charge in [-0.2, -0.15) is 0 Å². The number of anilines is 2. The topological polar surface area (TPSA) is 49.4 Å². The Balaban J connectivity index is 1.87. The molecule has 1 aliphatic rings. The van der Waals surface area contributed by atoms with E-state index in [-0.39, 0.29) is 24.1 Å². The highest BCUT2D eigenvalue weighted by atomic mass is 19.1. The number of halogens is 1. The Hall–Kier alpha value is -2.69. The molecule has 0 spiro atoms. The molecule has 1 saturated heterocycles. The summed E-state index contributed by atoms with van der Waals surface area (Å²) in [5.41, 5.74) is 3.04. The Morgan fingerprint density at radius 3 is 2.26 bits per heavy atom. The molecule has 3 rings (SSSR count). The van der Waals surface area contributed by atoms with Gasteiger partial charge in [0, 0.05) is 5.69 Å². The van der Waals surface area contributed by atoms with Crippen LogP contribution in [0.4, 0.5) is 15.8 Å². The van der Waals surface area contributed by atoms with Crippen LogP contribution in [-0.4, -0.2) is 17.9 Å². The summed E-state index contributed by atoms with van der Waals surface area (Å²) in [5.74, 6) is -0.856. The Morgan fingerprint density at radius 2 is 1.65 bits per heavy atom. The summed E-state index contributed by atoms with van der Waals surface area (Å²) in [5, 5.41) is 3.01. The van der Waals surface area contributed by atoms with E-state index >= 15 is 0 Å². The Labute approximate surface area is 133 Å². The van der Waals surface area contributed by atoms with Crippen molar-refractivity contribution in [3.05, 3.63) is 59.4 Å². The van der Waals surface area contributed by atoms with Crippen molar-refractivity contribution in [2.45, 2.75) is 26.3 Å². The van der Waals surface area contributed by atoms with Crippen molar-refractivity contribution in [3.8, 4) is 0 Å². The average molecular weight is 312 g/mol. The quantitative estimate of drug-likeness (QED) is 0.886. The first kappa shape index (κ1) is 15.2. The predicted octanol–water partition coefficient (Wildman–Crippen LogP) is 3.19. The number of carbonyl (C=O) groups excluding carboxylic acids is 2. The van der Waals surface area contributed by atoms with Gasteiger partial charge in [-0.25, -0.2) is 9.29 Å². The lowest BCUT2D eigenvalue weighted by Gasteiger charge is -2.20. The monoisotopic (exact) mass is 312 g/mol. The van der Waals surface area contributed by atoms with Gasteiger partial charge in [-0.1, -0.05) is 18.2 Å². The highest BCUT2D eigenvalue weighted by Crippen LogP contribution is 2.30. The van der Waals surface area contributed by atoms with Gasteiger partial charge in [0.05, 0.1) is 12.1 Å². The van der Waals surface area contributed by atoms with Gasteiger partial charge >= 0.3 is 0 Å². The molecule has 0 radical (unpaired) electrons. The molecule has 23 heavy (non-hydrogen) atoms. The van der Waals surface area contributed by atoms with Crippen LogP contribution in [0.2, 0.25) is 0 Å². The molecule has 1 heterocycles. The van der Waals surface area contributed by atoms with E-state index in [4.69, 9.17) is 0 Å². The molecule has 0 unspecified atom stereocenters. The molecule has 1 aliphatic heterocycles. The third-order valence-electron chi connectivity index (χ3n) is 3.99. The summed E-state index contributed by atoms with van der Waals surface area (Å²) in [7, 11) is 0. The summed E-state index contributed by atoms with van der Waals surface area (Å²) in [4.78, 5) is 26.3. The number of hydrogen-bond donors (Lipinski definition) is 1. The van der Waals surface area contributed by atoms with Crippen LogP contribution in [0.15, 0.2) is 42.5 Å². The largest absolute Gasteiger partial charge is 0.373 e. The van der Waals surface area contributed by atoms with Crippen LogP contribution >= 0.6 is 0 Å². The van der Waals surface area contributed by atoms with Gasteiger partial charge in [0.1, 0.15) is 11.9 Å². The van der Waals surface area contributed by atoms with Gasteiger partial charge in [-0.05, 0) is 49.2 Å². The number of aryl methyl sites for hydroxylation is 2. The van der Waals surface area contributed by atoms with Gasteiger partial charge < -0.3 is 5.32 Å². The first-order valence-corrected chi connectivity index (χ1v) is 7.42. The maximum atomic E-state index is 13.0. The second-order valence-electron chi connectivity index (χ2n) is 5.72. The number of carbonyl (C=O) groups is 2. The van der Waals surface area contributed by atoms with Crippen molar-refractivity contribution >= 4 is 23.2 Å². The fraction of sp³-hybridized carbons (Fsp3) is 0.222. The third-order valence-corrected chi connectivity index (χ3v) is 3.99.